The van der Waals surface area contributed by atoms with Crippen LogP contribution in [0.25, 0.3) is 0 Å². The number of unbranched alkanes of at least 4 members (excludes halogenated alkanes) is 1. The highest BCUT2D eigenvalue weighted by Gasteiger charge is 2.29. The summed E-state index contributed by atoms with van der Waals surface area (Å²) < 4.78 is 5.08. The maximum absolute atomic E-state index is 12.4. The minimum Gasteiger partial charge on any atom is -0.451 e. The Morgan fingerprint density at radius 2 is 1.55 bits per heavy atom. The van der Waals surface area contributed by atoms with E-state index in [0.717, 1.165) is 0 Å². The molecule has 0 radical (unpaired) electrons. The molecule has 0 aromatic heterocycles. The number of rotatable bonds is 15. The molecule has 11 nitrogen and oxygen atoms in total. The van der Waals surface area contributed by atoms with E-state index in [1.807, 2.05) is 0 Å². The first-order valence-corrected chi connectivity index (χ1v) is 10.5. The molecule has 0 aromatic rings. The molecule has 31 heavy (non-hydrogen) atoms. The van der Waals surface area contributed by atoms with E-state index in [-0.39, 0.29) is 24.5 Å². The normalized spacial score (nSPS) is 14.5. The van der Waals surface area contributed by atoms with Crippen molar-refractivity contribution in [3.05, 3.63) is 0 Å². The van der Waals surface area contributed by atoms with E-state index in [4.69, 9.17) is 10.5 Å². The molecule has 11 heteroatoms. The van der Waals surface area contributed by atoms with Crippen molar-refractivity contribution in [1.82, 2.24) is 16.0 Å². The van der Waals surface area contributed by atoms with Gasteiger partial charge in [0.05, 0.1) is 12.6 Å². The van der Waals surface area contributed by atoms with Gasteiger partial charge in [-0.25, -0.2) is 4.79 Å². The summed E-state index contributed by atoms with van der Waals surface area (Å²) in [7, 11) is 0. The fraction of sp³-hybridized carbons (Fsp3) is 0.750. The lowest BCUT2D eigenvalue weighted by Gasteiger charge is -2.23. The van der Waals surface area contributed by atoms with Crippen LogP contribution < -0.4 is 21.7 Å². The molecule has 0 aliphatic heterocycles. The van der Waals surface area contributed by atoms with Gasteiger partial charge in [0.15, 0.2) is 11.9 Å². The molecule has 0 heterocycles. The zero-order valence-electron chi connectivity index (χ0n) is 18.7. The molecular formula is C20H36N4O7. The molecule has 0 aliphatic rings. The molecule has 4 atom stereocenters. The van der Waals surface area contributed by atoms with Crippen LogP contribution in [0, 0.1) is 0 Å². The lowest BCUT2D eigenvalue weighted by atomic mass is 10.1. The Bertz CT molecular complexity index is 627. The Labute approximate surface area is 182 Å². The van der Waals surface area contributed by atoms with Gasteiger partial charge in [-0.3, -0.25) is 19.2 Å². The van der Waals surface area contributed by atoms with Crippen LogP contribution in [0.2, 0.25) is 0 Å². The van der Waals surface area contributed by atoms with Gasteiger partial charge in [0.1, 0.15) is 12.1 Å². The van der Waals surface area contributed by atoms with Crippen LogP contribution in [-0.4, -0.2) is 72.0 Å². The highest BCUT2D eigenvalue weighted by atomic mass is 16.5. The maximum Gasteiger partial charge on any atom is 0.329 e. The molecule has 3 amide bonds. The summed E-state index contributed by atoms with van der Waals surface area (Å²) in [5.74, 6) is -2.90. The Balaban J connectivity index is 4.87. The largest absolute Gasteiger partial charge is 0.451 e. The summed E-state index contributed by atoms with van der Waals surface area (Å²) in [5, 5.41) is 16.8. The molecule has 0 bridgehead atoms. The van der Waals surface area contributed by atoms with Crippen molar-refractivity contribution in [1.29, 1.82) is 0 Å². The van der Waals surface area contributed by atoms with Gasteiger partial charge in [0.2, 0.25) is 11.8 Å². The van der Waals surface area contributed by atoms with Crippen molar-refractivity contribution in [2.75, 3.05) is 13.2 Å². The van der Waals surface area contributed by atoms with E-state index in [1.165, 1.54) is 13.8 Å². The molecule has 6 N–H and O–H groups in total. The second-order valence-electron chi connectivity index (χ2n) is 7.16. The van der Waals surface area contributed by atoms with Crippen molar-refractivity contribution in [3.8, 4) is 0 Å². The molecule has 0 aliphatic carbocycles. The van der Waals surface area contributed by atoms with Gasteiger partial charge in [-0.2, -0.15) is 0 Å². The number of nitrogens with two attached hydrogens (primary N) is 1. The number of Topliss-reactive ketones (excluding diaryl/α,β-unsaturated/α-hetero) is 1. The number of ketones is 1. The predicted octanol–water partition coefficient (Wildman–Crippen LogP) is -1.10. The molecule has 0 spiro atoms. The average Bonchev–Trinajstić information content (AvgIpc) is 2.74. The van der Waals surface area contributed by atoms with Crippen LogP contribution in [-0.2, 0) is 28.7 Å². The number of aliphatic hydroxyl groups is 1. The van der Waals surface area contributed by atoms with Crippen molar-refractivity contribution in [2.45, 2.75) is 84.0 Å². The van der Waals surface area contributed by atoms with Crippen LogP contribution >= 0.6 is 0 Å². The number of nitrogens with one attached hydrogen (secondary N) is 3. The SMILES string of the molecule is CCC(=O)N[C@H](CC)C(=O)O[C@@H](C)C(=O)N[C@@H](CO)C(=O)N[C@H](CCCCN)C(C)=O. The number of amides is 3. The third-order valence-electron chi connectivity index (χ3n) is 4.58. The van der Waals surface area contributed by atoms with Gasteiger partial charge in [0, 0.05) is 6.42 Å². The first kappa shape index (κ1) is 28.5. The number of ether oxygens (including phenoxy) is 1. The van der Waals surface area contributed by atoms with Crippen molar-refractivity contribution >= 4 is 29.5 Å². The van der Waals surface area contributed by atoms with Gasteiger partial charge in [-0.15, -0.1) is 0 Å². The lowest BCUT2D eigenvalue weighted by Crippen LogP contribution is -2.55. The Hall–Kier alpha value is -2.53. The van der Waals surface area contributed by atoms with Crippen molar-refractivity contribution in [2.24, 2.45) is 5.73 Å². The van der Waals surface area contributed by atoms with Gasteiger partial charge < -0.3 is 31.5 Å². The number of esters is 1. The van der Waals surface area contributed by atoms with Gasteiger partial charge in [-0.05, 0) is 46.1 Å². The molecule has 0 unspecified atom stereocenters. The topological polar surface area (TPSA) is 177 Å². The van der Waals surface area contributed by atoms with Crippen LogP contribution in [0.1, 0.15) is 59.8 Å². The van der Waals surface area contributed by atoms with Gasteiger partial charge in [0.25, 0.3) is 5.91 Å². The van der Waals surface area contributed by atoms with E-state index < -0.39 is 48.6 Å². The highest BCUT2D eigenvalue weighted by Crippen LogP contribution is 2.04. The quantitative estimate of drug-likeness (QED) is 0.156. The van der Waals surface area contributed by atoms with E-state index in [0.29, 0.717) is 25.8 Å². The van der Waals surface area contributed by atoms with Gasteiger partial charge >= 0.3 is 5.97 Å². The molecular weight excluding hydrogens is 408 g/mol. The van der Waals surface area contributed by atoms with E-state index in [9.17, 15) is 29.1 Å². The minimum absolute atomic E-state index is 0.195. The summed E-state index contributed by atoms with van der Waals surface area (Å²) in [4.78, 5) is 60.1. The maximum atomic E-state index is 12.4. The minimum atomic E-state index is -1.33. The van der Waals surface area contributed by atoms with Crippen LogP contribution in [0.3, 0.4) is 0 Å². The average molecular weight is 445 g/mol. The lowest BCUT2D eigenvalue weighted by molar-refractivity contribution is -0.158. The van der Waals surface area contributed by atoms with E-state index in [2.05, 4.69) is 16.0 Å². The summed E-state index contributed by atoms with van der Waals surface area (Å²) >= 11 is 0. The first-order valence-electron chi connectivity index (χ1n) is 10.5. The fourth-order valence-corrected chi connectivity index (χ4v) is 2.56. The van der Waals surface area contributed by atoms with Crippen molar-refractivity contribution in [3.63, 3.8) is 0 Å². The Morgan fingerprint density at radius 3 is 2.03 bits per heavy atom. The second-order valence-corrected chi connectivity index (χ2v) is 7.16. The molecule has 0 fully saturated rings. The number of hydrogen-bond donors (Lipinski definition) is 5. The smallest absolute Gasteiger partial charge is 0.329 e. The molecule has 0 rings (SSSR count). The summed E-state index contributed by atoms with van der Waals surface area (Å²) in [6, 6.07) is -2.98. The standard InChI is InChI=1S/C20H36N4O7/c1-5-14(22-17(27)6-2)20(30)31-13(4)18(28)24-16(11-25)19(29)23-15(12(3)26)9-7-8-10-21/h13-16,25H,5-11,21H2,1-4H3,(H,22,27)(H,23,29)(H,24,28)/t13-,14+,15+,16-/m0/s1. The van der Waals surface area contributed by atoms with Crippen LogP contribution in [0.5, 0.6) is 0 Å². The Kier molecular flexibility index (Phi) is 14.0. The number of carbonyl (C=O) groups excluding carboxylic acids is 5. The highest BCUT2D eigenvalue weighted by molar-refractivity contribution is 5.93. The third kappa shape index (κ3) is 10.9. The van der Waals surface area contributed by atoms with Crippen molar-refractivity contribution < 1.29 is 33.8 Å². The second kappa shape index (κ2) is 15.3. The van der Waals surface area contributed by atoms with E-state index in [1.54, 1.807) is 13.8 Å². The molecule has 0 aromatic carbocycles. The zero-order valence-corrected chi connectivity index (χ0v) is 18.7. The third-order valence-corrected chi connectivity index (χ3v) is 4.58. The summed E-state index contributed by atoms with van der Waals surface area (Å²) in [6.45, 7) is 5.71. The zero-order chi connectivity index (χ0) is 24.0. The molecule has 0 saturated carbocycles. The van der Waals surface area contributed by atoms with Crippen LogP contribution in [0.15, 0.2) is 0 Å². The number of hydrogen-bond acceptors (Lipinski definition) is 8. The number of aliphatic hydroxyl groups excluding tert-OH is 1. The summed E-state index contributed by atoms with van der Waals surface area (Å²) in [5.41, 5.74) is 5.43. The number of carbonyl (C=O) groups is 5. The first-order chi connectivity index (χ1) is 14.6. The van der Waals surface area contributed by atoms with E-state index >= 15 is 0 Å². The fourth-order valence-electron chi connectivity index (χ4n) is 2.56. The predicted molar refractivity (Wildman–Crippen MR) is 113 cm³/mol. The monoisotopic (exact) mass is 444 g/mol. The summed E-state index contributed by atoms with van der Waals surface area (Å²) in [6.07, 6.45) is 0.922. The molecule has 178 valence electrons. The van der Waals surface area contributed by atoms with Crippen LogP contribution in [0.4, 0.5) is 0 Å². The Morgan fingerprint density at radius 1 is 0.935 bits per heavy atom. The molecule has 0 saturated heterocycles. The van der Waals surface area contributed by atoms with Gasteiger partial charge in [-0.1, -0.05) is 13.8 Å².